The third-order valence-electron chi connectivity index (χ3n) is 4.83. The second kappa shape index (κ2) is 7.18. The molecule has 1 fully saturated rings. The van der Waals surface area contributed by atoms with Crippen LogP contribution in [0.15, 0.2) is 29.1 Å². The molecule has 26 heavy (non-hydrogen) atoms. The number of H-pyrrole nitrogens is 1. The molecule has 0 bridgehead atoms. The molecule has 0 unspecified atom stereocenters. The van der Waals surface area contributed by atoms with Crippen LogP contribution in [0.5, 0.6) is 0 Å². The van der Waals surface area contributed by atoms with Gasteiger partial charge in [0.15, 0.2) is 0 Å². The molecule has 4 rings (SSSR count). The number of anilines is 1. The zero-order valence-corrected chi connectivity index (χ0v) is 14.8. The molecular weight excluding hydrogens is 328 g/mol. The molecule has 0 aliphatic carbocycles. The Morgan fingerprint density at radius 2 is 2.35 bits per heavy atom. The second-order valence-corrected chi connectivity index (χ2v) is 6.76. The largest absolute Gasteiger partial charge is 0.441 e. The number of likely N-dealkylation sites (tertiary alicyclic amines) is 1. The highest BCUT2D eigenvalue weighted by molar-refractivity contribution is 5.97. The topological polar surface area (TPSA) is 93.8 Å². The van der Waals surface area contributed by atoms with E-state index >= 15 is 0 Å². The summed E-state index contributed by atoms with van der Waals surface area (Å²) in [5.74, 6) is 1.36. The van der Waals surface area contributed by atoms with Gasteiger partial charge in [0.05, 0.1) is 23.5 Å². The van der Waals surface area contributed by atoms with E-state index in [4.69, 9.17) is 9.68 Å². The summed E-state index contributed by atoms with van der Waals surface area (Å²) >= 11 is 0. The van der Waals surface area contributed by atoms with Crippen LogP contribution in [0.1, 0.15) is 25.0 Å². The number of nitrogens with zero attached hydrogens (tertiary/aromatic N) is 4. The van der Waals surface area contributed by atoms with Crippen LogP contribution in [0, 0.1) is 18.3 Å². The lowest BCUT2D eigenvalue weighted by Crippen LogP contribution is -2.42. The van der Waals surface area contributed by atoms with E-state index in [1.807, 2.05) is 25.4 Å². The van der Waals surface area contributed by atoms with Gasteiger partial charge in [0, 0.05) is 43.3 Å². The van der Waals surface area contributed by atoms with Crippen LogP contribution in [0.2, 0.25) is 0 Å². The first-order chi connectivity index (χ1) is 12.7. The Balaban J connectivity index is 1.64. The fourth-order valence-corrected chi connectivity index (χ4v) is 3.59. The lowest BCUT2D eigenvalue weighted by molar-refractivity contribution is 0.221. The first kappa shape index (κ1) is 16.6. The van der Waals surface area contributed by atoms with Gasteiger partial charge in [0.1, 0.15) is 11.4 Å². The highest BCUT2D eigenvalue weighted by Gasteiger charge is 2.23. The summed E-state index contributed by atoms with van der Waals surface area (Å²) in [5.41, 5.74) is 2.72. The van der Waals surface area contributed by atoms with Crippen LogP contribution >= 0.6 is 0 Å². The van der Waals surface area contributed by atoms with E-state index in [2.05, 4.69) is 31.2 Å². The second-order valence-electron chi connectivity index (χ2n) is 6.76. The number of piperidine rings is 1. The van der Waals surface area contributed by atoms with Crippen molar-refractivity contribution in [2.24, 2.45) is 0 Å². The number of pyridine rings is 1. The van der Waals surface area contributed by atoms with Crippen molar-refractivity contribution in [2.75, 3.05) is 25.0 Å². The molecule has 0 aromatic carbocycles. The number of oxazole rings is 1. The first-order valence-electron chi connectivity index (χ1n) is 8.99. The number of aromatic nitrogens is 3. The first-order valence-corrected chi connectivity index (χ1v) is 8.99. The number of hydrogen-bond donors (Lipinski definition) is 2. The highest BCUT2D eigenvalue weighted by atomic mass is 16.4. The van der Waals surface area contributed by atoms with Gasteiger partial charge in [-0.3, -0.25) is 0 Å². The molecule has 2 N–H and O–H groups in total. The molecule has 134 valence electrons. The van der Waals surface area contributed by atoms with Crippen LogP contribution < -0.4 is 5.32 Å². The lowest BCUT2D eigenvalue weighted by atomic mass is 10.0. The quantitative estimate of drug-likeness (QED) is 0.733. The SMILES string of the molecule is Cc1cnc(-c2cnc3[nH]ccc3c2N[C@@H]2CCCN(CCC#N)C2)o1. The Morgan fingerprint density at radius 1 is 1.42 bits per heavy atom. The fourth-order valence-electron chi connectivity index (χ4n) is 3.59. The molecule has 1 aliphatic heterocycles. The molecule has 7 heteroatoms. The average Bonchev–Trinajstić information content (AvgIpc) is 3.29. The molecule has 7 nitrogen and oxygen atoms in total. The van der Waals surface area contributed by atoms with Gasteiger partial charge in [-0.25, -0.2) is 9.97 Å². The minimum absolute atomic E-state index is 0.317. The summed E-state index contributed by atoms with van der Waals surface area (Å²) < 4.78 is 5.75. The molecular formula is C19H22N6O. The summed E-state index contributed by atoms with van der Waals surface area (Å²) in [6.45, 7) is 4.71. The Kier molecular flexibility index (Phi) is 4.59. The van der Waals surface area contributed by atoms with E-state index in [-0.39, 0.29) is 0 Å². The van der Waals surface area contributed by atoms with Crippen LogP contribution in [0.4, 0.5) is 5.69 Å². The number of fused-ring (bicyclic) bond motifs is 1. The van der Waals surface area contributed by atoms with Crippen LogP contribution in [-0.2, 0) is 0 Å². The smallest absolute Gasteiger partial charge is 0.229 e. The van der Waals surface area contributed by atoms with E-state index < -0.39 is 0 Å². The summed E-state index contributed by atoms with van der Waals surface area (Å²) in [5, 5.41) is 13.6. The van der Waals surface area contributed by atoms with Crippen LogP contribution in [0.3, 0.4) is 0 Å². The van der Waals surface area contributed by atoms with Crippen molar-refractivity contribution in [1.82, 2.24) is 19.9 Å². The van der Waals surface area contributed by atoms with Crippen molar-refractivity contribution >= 4 is 16.7 Å². The van der Waals surface area contributed by atoms with Crippen LogP contribution in [-0.4, -0.2) is 45.5 Å². The maximum atomic E-state index is 8.84. The number of nitriles is 1. The van der Waals surface area contributed by atoms with Crippen molar-refractivity contribution in [3.05, 3.63) is 30.4 Å². The molecule has 0 radical (unpaired) electrons. The van der Waals surface area contributed by atoms with Crippen LogP contribution in [0.25, 0.3) is 22.5 Å². The van der Waals surface area contributed by atoms with E-state index in [1.54, 1.807) is 6.20 Å². The molecule has 1 aliphatic rings. The van der Waals surface area contributed by atoms with Crippen molar-refractivity contribution in [3.8, 4) is 17.5 Å². The van der Waals surface area contributed by atoms with Gasteiger partial charge in [0.2, 0.25) is 5.89 Å². The Bertz CT molecular complexity index is 937. The van der Waals surface area contributed by atoms with Gasteiger partial charge in [-0.2, -0.15) is 5.26 Å². The molecule has 0 saturated carbocycles. The van der Waals surface area contributed by atoms with Gasteiger partial charge in [0.25, 0.3) is 0 Å². The molecule has 0 amide bonds. The maximum Gasteiger partial charge on any atom is 0.229 e. The third-order valence-corrected chi connectivity index (χ3v) is 4.83. The number of aryl methyl sites for hydroxylation is 1. The van der Waals surface area contributed by atoms with Crippen molar-refractivity contribution in [1.29, 1.82) is 5.26 Å². The molecule has 3 aromatic rings. The summed E-state index contributed by atoms with van der Waals surface area (Å²) in [7, 11) is 0. The normalized spacial score (nSPS) is 18.1. The summed E-state index contributed by atoms with van der Waals surface area (Å²) in [4.78, 5) is 14.4. The molecule has 1 atom stereocenters. The summed E-state index contributed by atoms with van der Waals surface area (Å²) in [6, 6.07) is 4.58. The minimum Gasteiger partial charge on any atom is -0.441 e. The van der Waals surface area contributed by atoms with Crippen molar-refractivity contribution < 1.29 is 4.42 Å². The molecule has 1 saturated heterocycles. The predicted octanol–water partition coefficient (Wildman–Crippen LogP) is 3.32. The number of hydrogen-bond acceptors (Lipinski definition) is 6. The van der Waals surface area contributed by atoms with E-state index in [0.717, 1.165) is 60.5 Å². The predicted molar refractivity (Wildman–Crippen MR) is 99.6 cm³/mol. The van der Waals surface area contributed by atoms with Gasteiger partial charge in [-0.1, -0.05) is 0 Å². The maximum absolute atomic E-state index is 8.84. The summed E-state index contributed by atoms with van der Waals surface area (Å²) in [6.07, 6.45) is 8.23. The average molecular weight is 350 g/mol. The molecule has 0 spiro atoms. The number of rotatable bonds is 5. The Morgan fingerprint density at radius 3 is 3.15 bits per heavy atom. The molecule has 4 heterocycles. The standard InChI is InChI=1S/C19H22N6O/c1-13-10-23-19(26-13)16-11-22-18-15(5-7-21-18)17(16)24-14-4-2-8-25(12-14)9-3-6-20/h5,7,10-11,14H,2-4,8-9,12H2,1H3,(H2,21,22,24)/t14-/m1/s1. The minimum atomic E-state index is 0.317. The van der Waals surface area contributed by atoms with Crippen molar-refractivity contribution in [2.45, 2.75) is 32.2 Å². The van der Waals surface area contributed by atoms with Gasteiger partial charge in [-0.15, -0.1) is 0 Å². The Labute approximate surface area is 152 Å². The van der Waals surface area contributed by atoms with E-state index in [1.165, 1.54) is 0 Å². The van der Waals surface area contributed by atoms with Gasteiger partial charge in [-0.05, 0) is 32.4 Å². The van der Waals surface area contributed by atoms with E-state index in [0.29, 0.717) is 18.4 Å². The van der Waals surface area contributed by atoms with Crippen molar-refractivity contribution in [3.63, 3.8) is 0 Å². The van der Waals surface area contributed by atoms with E-state index in [9.17, 15) is 0 Å². The zero-order chi connectivity index (χ0) is 17.9. The fraction of sp³-hybridized carbons (Fsp3) is 0.421. The Hall–Kier alpha value is -2.85. The highest BCUT2D eigenvalue weighted by Crippen LogP contribution is 2.34. The van der Waals surface area contributed by atoms with Gasteiger partial charge < -0.3 is 19.6 Å². The number of nitrogens with one attached hydrogen (secondary N) is 2. The third kappa shape index (κ3) is 3.28. The lowest BCUT2D eigenvalue weighted by Gasteiger charge is -2.33. The number of aromatic amines is 1. The molecule has 3 aromatic heterocycles. The van der Waals surface area contributed by atoms with Gasteiger partial charge >= 0.3 is 0 Å². The zero-order valence-electron chi connectivity index (χ0n) is 14.8. The monoisotopic (exact) mass is 350 g/mol.